The fourth-order valence-corrected chi connectivity index (χ4v) is 2.61. The third kappa shape index (κ3) is 4.84. The second-order valence-corrected chi connectivity index (χ2v) is 6.05. The molecule has 0 radical (unpaired) electrons. The van der Waals surface area contributed by atoms with Gasteiger partial charge in [0, 0.05) is 23.0 Å². The molecule has 0 bridgehead atoms. The number of aromatic nitrogens is 5. The van der Waals surface area contributed by atoms with Gasteiger partial charge < -0.3 is 5.32 Å². The summed E-state index contributed by atoms with van der Waals surface area (Å²) in [5.41, 5.74) is 1.01. The van der Waals surface area contributed by atoms with Crippen LogP contribution in [0.5, 0.6) is 0 Å². The van der Waals surface area contributed by atoms with Gasteiger partial charge in [-0.05, 0) is 51.5 Å². The van der Waals surface area contributed by atoms with Gasteiger partial charge in [0.1, 0.15) is 0 Å². The third-order valence-electron chi connectivity index (χ3n) is 2.56. The fourth-order valence-electron chi connectivity index (χ4n) is 1.56. The predicted octanol–water partition coefficient (Wildman–Crippen LogP) is 2.12. The maximum Gasteiger partial charge on any atom is 0.209 e. The molecule has 0 saturated heterocycles. The molecule has 2 aromatic heterocycles. The van der Waals surface area contributed by atoms with Crippen LogP contribution in [0.4, 0.5) is 0 Å². The van der Waals surface area contributed by atoms with E-state index in [1.807, 2.05) is 16.8 Å². The molecular formula is C12H17BrN6S. The smallest absolute Gasteiger partial charge is 0.209 e. The number of pyridine rings is 1. The number of thioether (sulfide) groups is 1. The van der Waals surface area contributed by atoms with Crippen LogP contribution in [-0.2, 0) is 12.3 Å². The van der Waals surface area contributed by atoms with Gasteiger partial charge in [-0.15, -0.1) is 5.10 Å². The molecule has 108 valence electrons. The molecule has 2 aromatic rings. The van der Waals surface area contributed by atoms with E-state index in [1.54, 1.807) is 18.0 Å². The molecule has 0 spiro atoms. The highest BCUT2D eigenvalue weighted by Gasteiger charge is 2.07. The second-order valence-electron chi connectivity index (χ2n) is 4.19. The van der Waals surface area contributed by atoms with E-state index in [1.165, 1.54) is 0 Å². The first-order valence-corrected chi connectivity index (χ1v) is 8.27. The molecule has 0 amide bonds. The first-order chi connectivity index (χ1) is 9.79. The molecule has 0 aliphatic heterocycles. The Labute approximate surface area is 130 Å². The van der Waals surface area contributed by atoms with E-state index >= 15 is 0 Å². The third-order valence-corrected chi connectivity index (χ3v) is 4.02. The van der Waals surface area contributed by atoms with Gasteiger partial charge in [-0.3, -0.25) is 4.98 Å². The van der Waals surface area contributed by atoms with E-state index in [9.17, 15) is 0 Å². The number of nitrogens with one attached hydrogen (secondary N) is 1. The predicted molar refractivity (Wildman–Crippen MR) is 82.5 cm³/mol. The van der Waals surface area contributed by atoms with Crippen molar-refractivity contribution in [3.8, 4) is 0 Å². The summed E-state index contributed by atoms with van der Waals surface area (Å²) in [5.74, 6) is 0.760. The topological polar surface area (TPSA) is 68.5 Å². The summed E-state index contributed by atoms with van der Waals surface area (Å²) in [6, 6.07) is 3.98. The molecule has 0 aliphatic rings. The van der Waals surface area contributed by atoms with Gasteiger partial charge in [0.2, 0.25) is 5.16 Å². The van der Waals surface area contributed by atoms with Gasteiger partial charge in [0.05, 0.1) is 12.2 Å². The Morgan fingerprint density at radius 1 is 1.35 bits per heavy atom. The van der Waals surface area contributed by atoms with E-state index in [-0.39, 0.29) is 0 Å². The molecule has 8 heteroatoms. The summed E-state index contributed by atoms with van der Waals surface area (Å²) in [6.07, 6.45) is 2.93. The Kier molecular flexibility index (Phi) is 6.41. The summed E-state index contributed by atoms with van der Waals surface area (Å²) in [5, 5.41) is 16.0. The number of hydrogen-bond donors (Lipinski definition) is 1. The van der Waals surface area contributed by atoms with Crippen molar-refractivity contribution >= 4 is 27.7 Å². The molecule has 2 rings (SSSR count). The second kappa shape index (κ2) is 8.33. The largest absolute Gasteiger partial charge is 0.315 e. The Hall–Kier alpha value is -0.990. The van der Waals surface area contributed by atoms with Crippen LogP contribution < -0.4 is 5.32 Å². The van der Waals surface area contributed by atoms with E-state index in [2.05, 4.69) is 48.7 Å². The van der Waals surface area contributed by atoms with Crippen molar-refractivity contribution in [2.24, 2.45) is 0 Å². The lowest BCUT2D eigenvalue weighted by Crippen LogP contribution is -2.21. The fraction of sp³-hybridized carbons (Fsp3) is 0.500. The van der Waals surface area contributed by atoms with E-state index in [0.29, 0.717) is 0 Å². The average molecular weight is 357 g/mol. The van der Waals surface area contributed by atoms with Gasteiger partial charge >= 0.3 is 0 Å². The number of nitrogens with zero attached hydrogens (tertiary/aromatic N) is 5. The molecular weight excluding hydrogens is 340 g/mol. The molecule has 20 heavy (non-hydrogen) atoms. The zero-order valence-electron chi connectivity index (χ0n) is 11.3. The van der Waals surface area contributed by atoms with Crippen molar-refractivity contribution in [2.45, 2.75) is 30.8 Å². The maximum atomic E-state index is 4.34. The number of hydrogen-bond acceptors (Lipinski definition) is 6. The minimum atomic E-state index is 0.760. The minimum absolute atomic E-state index is 0.760. The SMILES string of the molecule is CCCNCCn1nnnc1SCc1ccc(Br)cn1. The summed E-state index contributed by atoms with van der Waals surface area (Å²) in [4.78, 5) is 4.34. The molecule has 0 aromatic carbocycles. The van der Waals surface area contributed by atoms with Crippen molar-refractivity contribution < 1.29 is 0 Å². The van der Waals surface area contributed by atoms with Gasteiger partial charge in [-0.25, -0.2) is 4.68 Å². The standard InChI is InChI=1S/C12H17BrN6S/c1-2-5-14-6-7-19-12(16-17-18-19)20-9-11-4-3-10(13)8-15-11/h3-4,8,14H,2,5-7,9H2,1H3. The van der Waals surface area contributed by atoms with Crippen LogP contribution in [0.2, 0.25) is 0 Å². The zero-order valence-corrected chi connectivity index (χ0v) is 13.7. The average Bonchev–Trinajstić information content (AvgIpc) is 2.90. The minimum Gasteiger partial charge on any atom is -0.315 e. The maximum absolute atomic E-state index is 4.34. The first-order valence-electron chi connectivity index (χ1n) is 6.49. The highest BCUT2D eigenvalue weighted by molar-refractivity contribution is 9.10. The van der Waals surface area contributed by atoms with Gasteiger partial charge in [0.15, 0.2) is 0 Å². The van der Waals surface area contributed by atoms with Crippen LogP contribution in [0, 0.1) is 0 Å². The van der Waals surface area contributed by atoms with Crippen molar-refractivity contribution in [2.75, 3.05) is 13.1 Å². The van der Waals surface area contributed by atoms with Crippen LogP contribution in [0.1, 0.15) is 19.0 Å². The first kappa shape index (κ1) is 15.4. The van der Waals surface area contributed by atoms with Gasteiger partial charge in [-0.2, -0.15) is 0 Å². The molecule has 6 nitrogen and oxygen atoms in total. The molecule has 1 N–H and O–H groups in total. The lowest BCUT2D eigenvalue weighted by atomic mass is 10.4. The normalized spacial score (nSPS) is 10.9. The van der Waals surface area contributed by atoms with E-state index in [0.717, 1.165) is 47.1 Å². The Balaban J connectivity index is 1.83. The van der Waals surface area contributed by atoms with Crippen molar-refractivity contribution in [3.63, 3.8) is 0 Å². The summed E-state index contributed by atoms with van der Waals surface area (Å²) in [7, 11) is 0. The highest BCUT2D eigenvalue weighted by Crippen LogP contribution is 2.19. The lowest BCUT2D eigenvalue weighted by molar-refractivity contribution is 0.510. The molecule has 0 saturated carbocycles. The lowest BCUT2D eigenvalue weighted by Gasteiger charge is -2.05. The van der Waals surface area contributed by atoms with Crippen LogP contribution in [-0.4, -0.2) is 38.3 Å². The quantitative estimate of drug-likeness (QED) is 0.577. The monoisotopic (exact) mass is 356 g/mol. The van der Waals surface area contributed by atoms with E-state index in [4.69, 9.17) is 0 Å². The van der Waals surface area contributed by atoms with Crippen LogP contribution in [0.3, 0.4) is 0 Å². The van der Waals surface area contributed by atoms with Crippen molar-refractivity contribution in [1.82, 2.24) is 30.5 Å². The number of rotatable bonds is 8. The van der Waals surface area contributed by atoms with Crippen LogP contribution in [0.15, 0.2) is 28.0 Å². The summed E-state index contributed by atoms with van der Waals surface area (Å²) >= 11 is 4.97. The molecule has 0 atom stereocenters. The Morgan fingerprint density at radius 2 is 2.25 bits per heavy atom. The molecule has 0 unspecified atom stereocenters. The van der Waals surface area contributed by atoms with Crippen molar-refractivity contribution in [1.29, 1.82) is 0 Å². The van der Waals surface area contributed by atoms with Gasteiger partial charge in [-0.1, -0.05) is 18.7 Å². The van der Waals surface area contributed by atoms with Crippen molar-refractivity contribution in [3.05, 3.63) is 28.5 Å². The molecule has 0 fully saturated rings. The molecule has 0 aliphatic carbocycles. The Morgan fingerprint density at radius 3 is 3.00 bits per heavy atom. The number of tetrazole rings is 1. The highest BCUT2D eigenvalue weighted by atomic mass is 79.9. The summed E-state index contributed by atoms with van der Waals surface area (Å²) in [6.45, 7) is 4.83. The summed E-state index contributed by atoms with van der Waals surface area (Å²) < 4.78 is 2.81. The van der Waals surface area contributed by atoms with E-state index < -0.39 is 0 Å². The van der Waals surface area contributed by atoms with Gasteiger partial charge in [0.25, 0.3) is 0 Å². The van der Waals surface area contributed by atoms with Crippen LogP contribution >= 0.6 is 27.7 Å². The number of halogens is 1. The van der Waals surface area contributed by atoms with Crippen LogP contribution in [0.25, 0.3) is 0 Å². The zero-order chi connectivity index (χ0) is 14.2. The molecule has 2 heterocycles. The Bertz CT molecular complexity index is 515.